The molecular formula is C21H36IN3O5. The van der Waals surface area contributed by atoms with Crippen molar-refractivity contribution < 1.29 is 24.1 Å². The summed E-state index contributed by atoms with van der Waals surface area (Å²) in [6.07, 6.45) is 2.55. The number of guanidine groups is 1. The molecule has 9 heteroatoms. The number of hydrogen-bond donors (Lipinski definition) is 3. The topological polar surface area (TPSA) is 93.6 Å². The molecule has 1 aliphatic heterocycles. The molecule has 2 rings (SSSR count). The molecule has 30 heavy (non-hydrogen) atoms. The van der Waals surface area contributed by atoms with Crippen LogP contribution in [0.3, 0.4) is 0 Å². The van der Waals surface area contributed by atoms with Crippen molar-refractivity contribution in [1.82, 2.24) is 10.6 Å². The number of rotatable bonds is 12. The highest BCUT2D eigenvalue weighted by molar-refractivity contribution is 14.0. The number of halogens is 1. The summed E-state index contributed by atoms with van der Waals surface area (Å²) in [5, 5.41) is 17.0. The molecule has 0 bridgehead atoms. The largest absolute Gasteiger partial charge is 0.497 e. The maximum Gasteiger partial charge on any atom is 0.191 e. The molecule has 2 unspecified atom stereocenters. The summed E-state index contributed by atoms with van der Waals surface area (Å²) in [5.41, 5.74) is 0.647. The molecule has 2 atom stereocenters. The lowest BCUT2D eigenvalue weighted by Crippen LogP contribution is -2.38. The van der Waals surface area contributed by atoms with Crippen molar-refractivity contribution in [2.45, 2.75) is 38.4 Å². The minimum absolute atomic E-state index is 0. The molecule has 1 saturated heterocycles. The zero-order valence-electron chi connectivity index (χ0n) is 18.2. The van der Waals surface area contributed by atoms with Crippen LogP contribution in [0.5, 0.6) is 11.5 Å². The second-order valence-corrected chi connectivity index (χ2v) is 6.83. The summed E-state index contributed by atoms with van der Waals surface area (Å²) in [7, 11) is 3.17. The molecule has 0 spiro atoms. The van der Waals surface area contributed by atoms with Crippen molar-refractivity contribution in [2.75, 3.05) is 53.7 Å². The Hall–Kier alpha value is -1.30. The number of aliphatic imine (C=N–C) groups is 1. The highest BCUT2D eigenvalue weighted by Crippen LogP contribution is 2.29. The van der Waals surface area contributed by atoms with Gasteiger partial charge in [-0.2, -0.15) is 0 Å². The summed E-state index contributed by atoms with van der Waals surface area (Å²) in [6, 6.07) is 5.34. The van der Waals surface area contributed by atoms with E-state index in [0.29, 0.717) is 36.2 Å². The van der Waals surface area contributed by atoms with E-state index in [1.54, 1.807) is 32.4 Å². The van der Waals surface area contributed by atoms with Crippen molar-refractivity contribution in [3.8, 4) is 11.5 Å². The number of methoxy groups -OCH3 is 2. The molecule has 0 saturated carbocycles. The first-order valence-electron chi connectivity index (χ1n) is 10.3. The van der Waals surface area contributed by atoms with Gasteiger partial charge in [0, 0.05) is 31.9 Å². The van der Waals surface area contributed by atoms with Gasteiger partial charge in [0.1, 0.15) is 17.6 Å². The van der Waals surface area contributed by atoms with Crippen LogP contribution in [0.2, 0.25) is 0 Å². The van der Waals surface area contributed by atoms with Crippen molar-refractivity contribution in [3.63, 3.8) is 0 Å². The maximum absolute atomic E-state index is 10.6. The van der Waals surface area contributed by atoms with E-state index in [1.165, 1.54) is 0 Å². The number of aliphatic hydroxyl groups excluding tert-OH is 1. The van der Waals surface area contributed by atoms with Crippen LogP contribution in [0.1, 0.15) is 37.9 Å². The number of nitrogens with zero attached hydrogens (tertiary/aromatic N) is 1. The van der Waals surface area contributed by atoms with Crippen LogP contribution in [0.25, 0.3) is 0 Å². The molecule has 172 valence electrons. The molecule has 8 nitrogen and oxygen atoms in total. The second kappa shape index (κ2) is 15.5. The Balaban J connectivity index is 0.00000450. The molecular weight excluding hydrogens is 501 g/mol. The van der Waals surface area contributed by atoms with Crippen LogP contribution in [0.15, 0.2) is 23.2 Å². The van der Waals surface area contributed by atoms with E-state index < -0.39 is 6.10 Å². The van der Waals surface area contributed by atoms with Gasteiger partial charge in [0.2, 0.25) is 0 Å². The molecule has 0 aromatic heterocycles. The van der Waals surface area contributed by atoms with Crippen LogP contribution in [0.4, 0.5) is 0 Å². The normalized spacial score (nSPS) is 17.2. The van der Waals surface area contributed by atoms with Crippen molar-refractivity contribution in [3.05, 3.63) is 23.8 Å². The predicted molar refractivity (Wildman–Crippen MR) is 128 cm³/mol. The summed E-state index contributed by atoms with van der Waals surface area (Å²) >= 11 is 0. The first-order valence-corrected chi connectivity index (χ1v) is 10.3. The van der Waals surface area contributed by atoms with E-state index >= 15 is 0 Å². The van der Waals surface area contributed by atoms with Gasteiger partial charge in [0.25, 0.3) is 0 Å². The van der Waals surface area contributed by atoms with Gasteiger partial charge < -0.3 is 34.7 Å². The summed E-state index contributed by atoms with van der Waals surface area (Å²) < 4.78 is 21.8. The first kappa shape index (κ1) is 26.7. The Morgan fingerprint density at radius 2 is 2.13 bits per heavy atom. The number of hydrogen-bond acceptors (Lipinski definition) is 6. The van der Waals surface area contributed by atoms with Gasteiger partial charge in [-0.05, 0) is 44.4 Å². The number of ether oxygens (including phenoxy) is 4. The SMILES string of the molecule is CCNC(=NCC(O)c1cc(OC)ccc1OC)NCCCOCC1CCCO1.I. The minimum Gasteiger partial charge on any atom is -0.497 e. The van der Waals surface area contributed by atoms with E-state index in [-0.39, 0.29) is 36.6 Å². The first-order chi connectivity index (χ1) is 14.2. The van der Waals surface area contributed by atoms with E-state index in [0.717, 1.165) is 39.0 Å². The lowest BCUT2D eigenvalue weighted by molar-refractivity contribution is 0.0168. The fraction of sp³-hybridized carbons (Fsp3) is 0.667. The number of benzene rings is 1. The Labute approximate surface area is 196 Å². The third kappa shape index (κ3) is 9.23. The fourth-order valence-corrected chi connectivity index (χ4v) is 3.09. The minimum atomic E-state index is -0.801. The molecule has 0 radical (unpaired) electrons. The van der Waals surface area contributed by atoms with Crippen LogP contribution in [0, 0.1) is 0 Å². The Morgan fingerprint density at radius 3 is 2.80 bits per heavy atom. The van der Waals surface area contributed by atoms with Crippen molar-refractivity contribution in [2.24, 2.45) is 4.99 Å². The molecule has 3 N–H and O–H groups in total. The van der Waals surface area contributed by atoms with Gasteiger partial charge in [0.15, 0.2) is 5.96 Å². The van der Waals surface area contributed by atoms with Crippen molar-refractivity contribution >= 4 is 29.9 Å². The van der Waals surface area contributed by atoms with E-state index in [1.807, 2.05) is 6.92 Å². The van der Waals surface area contributed by atoms with Gasteiger partial charge in [-0.1, -0.05) is 0 Å². The highest BCUT2D eigenvalue weighted by Gasteiger charge is 2.16. The molecule has 0 aliphatic carbocycles. The van der Waals surface area contributed by atoms with Gasteiger partial charge >= 0.3 is 0 Å². The Bertz CT molecular complexity index is 627. The van der Waals surface area contributed by atoms with Gasteiger partial charge in [-0.25, -0.2) is 0 Å². The molecule has 1 aliphatic rings. The zero-order chi connectivity index (χ0) is 20.9. The molecule has 1 aromatic rings. The van der Waals surface area contributed by atoms with Crippen LogP contribution >= 0.6 is 24.0 Å². The molecule has 1 aromatic carbocycles. The van der Waals surface area contributed by atoms with Gasteiger partial charge in [0.05, 0.1) is 33.5 Å². The maximum atomic E-state index is 10.6. The molecule has 1 fully saturated rings. The monoisotopic (exact) mass is 537 g/mol. The summed E-state index contributed by atoms with van der Waals surface area (Å²) in [5.74, 6) is 1.93. The van der Waals surface area contributed by atoms with Crippen molar-refractivity contribution in [1.29, 1.82) is 0 Å². The molecule has 0 amide bonds. The number of aliphatic hydroxyl groups is 1. The van der Waals surface area contributed by atoms with E-state index in [2.05, 4.69) is 15.6 Å². The quantitative estimate of drug-likeness (QED) is 0.163. The van der Waals surface area contributed by atoms with Crippen LogP contribution in [-0.4, -0.2) is 70.8 Å². The molecule has 1 heterocycles. The average molecular weight is 537 g/mol. The predicted octanol–water partition coefficient (Wildman–Crippen LogP) is 2.50. The zero-order valence-corrected chi connectivity index (χ0v) is 20.5. The van der Waals surface area contributed by atoms with E-state index in [9.17, 15) is 5.11 Å². The summed E-state index contributed by atoms with van der Waals surface area (Å²) in [4.78, 5) is 4.49. The lowest BCUT2D eigenvalue weighted by Gasteiger charge is -2.16. The number of nitrogens with one attached hydrogen (secondary N) is 2. The average Bonchev–Trinajstić information content (AvgIpc) is 3.27. The third-order valence-electron chi connectivity index (χ3n) is 4.65. The van der Waals surface area contributed by atoms with Crippen LogP contribution in [-0.2, 0) is 9.47 Å². The van der Waals surface area contributed by atoms with Gasteiger partial charge in [-0.3, -0.25) is 4.99 Å². The summed E-state index contributed by atoms with van der Waals surface area (Å²) in [6.45, 7) is 5.87. The smallest absolute Gasteiger partial charge is 0.191 e. The Kier molecular flexibility index (Phi) is 13.8. The standard InChI is InChI=1S/C21H35N3O5.HI/c1-4-22-21(23-10-6-11-28-15-17-7-5-12-29-17)24-14-19(25)18-13-16(26-2)8-9-20(18)27-3;/h8-9,13,17,19,25H,4-7,10-12,14-15H2,1-3H3,(H2,22,23,24);1H. The lowest BCUT2D eigenvalue weighted by atomic mass is 10.1. The fourth-order valence-electron chi connectivity index (χ4n) is 3.09. The van der Waals surface area contributed by atoms with Gasteiger partial charge in [-0.15, -0.1) is 24.0 Å². The second-order valence-electron chi connectivity index (χ2n) is 6.83. The highest BCUT2D eigenvalue weighted by atomic mass is 127. The third-order valence-corrected chi connectivity index (χ3v) is 4.65. The van der Waals surface area contributed by atoms with Crippen LogP contribution < -0.4 is 20.1 Å². The van der Waals surface area contributed by atoms with E-state index in [4.69, 9.17) is 18.9 Å². The Morgan fingerprint density at radius 1 is 1.30 bits per heavy atom.